The molecule has 0 bridgehead atoms. The largest absolute Gasteiger partial charge is 0.497 e. The Morgan fingerprint density at radius 2 is 1.44 bits per heavy atom. The first-order valence-corrected chi connectivity index (χ1v) is 10.5. The Balaban J connectivity index is 1.46. The van der Waals surface area contributed by atoms with Crippen molar-refractivity contribution in [2.45, 2.75) is 6.04 Å². The topological polar surface area (TPSA) is 44.8 Å². The second kappa shape index (κ2) is 9.78. The van der Waals surface area contributed by atoms with E-state index in [0.29, 0.717) is 37.6 Å². The monoisotopic (exact) mass is 437 g/mol. The van der Waals surface area contributed by atoms with Crippen LogP contribution in [-0.2, 0) is 0 Å². The molecule has 0 radical (unpaired) electrons. The molecule has 1 N–H and O–H groups in total. The number of urea groups is 1. The van der Waals surface area contributed by atoms with Gasteiger partial charge in [0, 0.05) is 37.9 Å². The van der Waals surface area contributed by atoms with E-state index in [1.807, 2.05) is 18.2 Å². The lowest BCUT2D eigenvalue weighted by Crippen LogP contribution is -2.51. The van der Waals surface area contributed by atoms with Crippen molar-refractivity contribution in [3.8, 4) is 5.75 Å². The van der Waals surface area contributed by atoms with E-state index in [-0.39, 0.29) is 23.7 Å². The zero-order valence-corrected chi connectivity index (χ0v) is 17.8. The highest BCUT2D eigenvalue weighted by Gasteiger charge is 2.28. The highest BCUT2D eigenvalue weighted by Crippen LogP contribution is 2.30. The molecule has 0 unspecified atom stereocenters. The smallest absolute Gasteiger partial charge is 0.321 e. The van der Waals surface area contributed by atoms with E-state index >= 15 is 0 Å². The van der Waals surface area contributed by atoms with Crippen molar-refractivity contribution in [1.82, 2.24) is 9.80 Å². The number of carbonyl (C=O) groups is 1. The third-order valence-electron chi connectivity index (χ3n) is 5.66. The van der Waals surface area contributed by atoms with E-state index in [9.17, 15) is 13.6 Å². The van der Waals surface area contributed by atoms with E-state index < -0.39 is 0 Å². The number of ether oxygens (including phenoxy) is 1. The molecule has 0 aliphatic carbocycles. The van der Waals surface area contributed by atoms with Gasteiger partial charge in [0.2, 0.25) is 0 Å². The van der Waals surface area contributed by atoms with Crippen molar-refractivity contribution in [2.75, 3.05) is 38.6 Å². The minimum absolute atomic E-state index is 0.153. The number of amides is 2. The van der Waals surface area contributed by atoms with Gasteiger partial charge in [-0.3, -0.25) is 4.90 Å². The third-order valence-corrected chi connectivity index (χ3v) is 5.66. The molecule has 0 atom stereocenters. The molecular weight excluding hydrogens is 412 g/mol. The number of anilines is 1. The predicted molar refractivity (Wildman–Crippen MR) is 120 cm³/mol. The maximum Gasteiger partial charge on any atom is 0.321 e. The van der Waals surface area contributed by atoms with Crippen molar-refractivity contribution in [1.29, 1.82) is 0 Å². The van der Waals surface area contributed by atoms with Crippen LogP contribution in [0.5, 0.6) is 5.75 Å². The van der Waals surface area contributed by atoms with Crippen molar-refractivity contribution in [3.05, 3.63) is 95.6 Å². The molecular formula is C25H25F2N3O2. The zero-order chi connectivity index (χ0) is 22.5. The van der Waals surface area contributed by atoms with Gasteiger partial charge in [0.25, 0.3) is 0 Å². The number of piperazine rings is 1. The van der Waals surface area contributed by atoms with Gasteiger partial charge in [0.15, 0.2) is 0 Å². The summed E-state index contributed by atoms with van der Waals surface area (Å²) in [7, 11) is 1.58. The first-order chi connectivity index (χ1) is 15.5. The summed E-state index contributed by atoms with van der Waals surface area (Å²) in [6.45, 7) is 2.33. The molecule has 166 valence electrons. The van der Waals surface area contributed by atoms with E-state index in [2.05, 4.69) is 10.2 Å². The number of nitrogens with one attached hydrogen (secondary N) is 1. The minimum Gasteiger partial charge on any atom is -0.497 e. The molecule has 0 spiro atoms. The maximum atomic E-state index is 13.5. The standard InChI is InChI=1S/C25H25F2N3O2/c1-32-23-4-2-3-22(17-23)28-25(31)30-15-13-29(14-16-30)24(18-5-9-20(26)10-6-18)19-7-11-21(27)12-8-19/h2-12,17,24H,13-16H2,1H3,(H,28,31). The van der Waals surface area contributed by atoms with Crippen LogP contribution in [0, 0.1) is 11.6 Å². The second-order valence-electron chi connectivity index (χ2n) is 7.69. The fraction of sp³-hybridized carbons (Fsp3) is 0.240. The fourth-order valence-electron chi connectivity index (χ4n) is 3.99. The van der Waals surface area contributed by atoms with Gasteiger partial charge >= 0.3 is 6.03 Å². The Kier molecular flexibility index (Phi) is 6.66. The molecule has 4 rings (SSSR count). The number of hydrogen-bond donors (Lipinski definition) is 1. The number of carbonyl (C=O) groups excluding carboxylic acids is 1. The van der Waals surface area contributed by atoms with Crippen LogP contribution in [0.1, 0.15) is 17.2 Å². The highest BCUT2D eigenvalue weighted by atomic mass is 19.1. The van der Waals surface area contributed by atoms with Gasteiger partial charge in [0.05, 0.1) is 13.2 Å². The molecule has 1 aliphatic heterocycles. The van der Waals surface area contributed by atoms with Gasteiger partial charge in [-0.05, 0) is 47.5 Å². The molecule has 3 aromatic carbocycles. The third kappa shape index (κ3) is 5.06. The Bertz CT molecular complexity index is 1000. The van der Waals surface area contributed by atoms with Gasteiger partial charge in [-0.2, -0.15) is 0 Å². The summed E-state index contributed by atoms with van der Waals surface area (Å²) in [6.07, 6.45) is 0. The minimum atomic E-state index is -0.300. The maximum absolute atomic E-state index is 13.5. The predicted octanol–water partition coefficient (Wildman–Crippen LogP) is 4.91. The average molecular weight is 437 g/mol. The molecule has 1 heterocycles. The number of rotatable bonds is 5. The Hall–Kier alpha value is -3.45. The Labute approximate surface area is 186 Å². The molecule has 5 nitrogen and oxygen atoms in total. The first kappa shape index (κ1) is 21.8. The van der Waals surface area contributed by atoms with Crippen LogP contribution in [0.4, 0.5) is 19.3 Å². The van der Waals surface area contributed by atoms with Crippen molar-refractivity contribution in [2.24, 2.45) is 0 Å². The second-order valence-corrected chi connectivity index (χ2v) is 7.69. The van der Waals surface area contributed by atoms with Crippen molar-refractivity contribution in [3.63, 3.8) is 0 Å². The van der Waals surface area contributed by atoms with Crippen molar-refractivity contribution >= 4 is 11.7 Å². The lowest BCUT2D eigenvalue weighted by atomic mass is 9.96. The lowest BCUT2D eigenvalue weighted by molar-refractivity contribution is 0.126. The quantitative estimate of drug-likeness (QED) is 0.617. The number of methoxy groups -OCH3 is 1. The molecule has 1 aliphatic rings. The van der Waals surface area contributed by atoms with Gasteiger partial charge in [0.1, 0.15) is 17.4 Å². The van der Waals surface area contributed by atoms with E-state index in [1.165, 1.54) is 24.3 Å². The van der Waals surface area contributed by atoms with Crippen LogP contribution in [0.2, 0.25) is 0 Å². The Morgan fingerprint density at radius 1 is 0.875 bits per heavy atom. The molecule has 0 saturated carbocycles. The lowest BCUT2D eigenvalue weighted by Gasteiger charge is -2.39. The molecule has 2 amide bonds. The molecule has 32 heavy (non-hydrogen) atoms. The summed E-state index contributed by atoms with van der Waals surface area (Å²) in [5.74, 6) is 0.0744. The van der Waals surface area contributed by atoms with Crippen LogP contribution in [0.25, 0.3) is 0 Å². The first-order valence-electron chi connectivity index (χ1n) is 10.5. The van der Waals surface area contributed by atoms with Gasteiger partial charge in [-0.15, -0.1) is 0 Å². The number of hydrogen-bond acceptors (Lipinski definition) is 3. The van der Waals surface area contributed by atoms with E-state index in [0.717, 1.165) is 11.1 Å². The number of halogens is 2. The Morgan fingerprint density at radius 3 is 1.97 bits per heavy atom. The van der Waals surface area contributed by atoms with E-state index in [4.69, 9.17) is 4.74 Å². The summed E-state index contributed by atoms with van der Waals surface area (Å²) >= 11 is 0. The highest BCUT2D eigenvalue weighted by molar-refractivity contribution is 5.89. The van der Waals surface area contributed by atoms with Crippen molar-refractivity contribution < 1.29 is 18.3 Å². The number of nitrogens with zero attached hydrogens (tertiary/aromatic N) is 2. The van der Waals surface area contributed by atoms with Gasteiger partial charge < -0.3 is 15.0 Å². The number of benzene rings is 3. The average Bonchev–Trinajstić information content (AvgIpc) is 2.82. The van der Waals surface area contributed by atoms with E-state index in [1.54, 1.807) is 42.3 Å². The van der Waals surface area contributed by atoms with Crippen LogP contribution in [0.3, 0.4) is 0 Å². The van der Waals surface area contributed by atoms with Gasteiger partial charge in [-0.25, -0.2) is 13.6 Å². The molecule has 0 aromatic heterocycles. The summed E-state index contributed by atoms with van der Waals surface area (Å²) in [5.41, 5.74) is 2.52. The fourth-order valence-corrected chi connectivity index (χ4v) is 3.99. The van der Waals surface area contributed by atoms with Crippen LogP contribution in [0.15, 0.2) is 72.8 Å². The summed E-state index contributed by atoms with van der Waals surface area (Å²) in [6, 6.07) is 19.7. The molecule has 7 heteroatoms. The van der Waals surface area contributed by atoms with Crippen LogP contribution in [-0.4, -0.2) is 49.1 Å². The molecule has 1 fully saturated rings. The van der Waals surface area contributed by atoms with Crippen LogP contribution < -0.4 is 10.1 Å². The summed E-state index contributed by atoms with van der Waals surface area (Å²) < 4.78 is 32.2. The molecule has 1 saturated heterocycles. The van der Waals surface area contributed by atoms with Crippen LogP contribution >= 0.6 is 0 Å². The summed E-state index contributed by atoms with van der Waals surface area (Å²) in [5, 5.41) is 2.91. The zero-order valence-electron chi connectivity index (χ0n) is 17.8. The SMILES string of the molecule is COc1cccc(NC(=O)N2CCN(C(c3ccc(F)cc3)c3ccc(F)cc3)CC2)c1. The molecule has 3 aromatic rings. The summed E-state index contributed by atoms with van der Waals surface area (Å²) in [4.78, 5) is 16.7. The van der Waals surface area contributed by atoms with Gasteiger partial charge in [-0.1, -0.05) is 30.3 Å². The normalized spacial score (nSPS) is 14.4.